The van der Waals surface area contributed by atoms with Crippen molar-refractivity contribution in [2.45, 2.75) is 18.7 Å². The van der Waals surface area contributed by atoms with Crippen LogP contribution in [0.2, 0.25) is 0 Å². The summed E-state index contributed by atoms with van der Waals surface area (Å²) in [5.41, 5.74) is 1.37. The first kappa shape index (κ1) is 8.62. The SMILES string of the molecule is Cc1cc(S(=O)(=O)Cl)c(C)[nH]1. The predicted octanol–water partition coefficient (Wildman–Crippen LogP) is 1.56. The maximum atomic E-state index is 10.8. The Morgan fingerprint density at radius 2 is 2.00 bits per heavy atom. The van der Waals surface area contributed by atoms with Gasteiger partial charge in [-0.15, -0.1) is 0 Å². The molecule has 0 saturated heterocycles. The minimum absolute atomic E-state index is 0.164. The summed E-state index contributed by atoms with van der Waals surface area (Å²) < 4.78 is 21.6. The first-order valence-electron chi connectivity index (χ1n) is 3.02. The highest BCUT2D eigenvalue weighted by molar-refractivity contribution is 8.13. The molecular formula is C6H8ClNO2S. The van der Waals surface area contributed by atoms with Gasteiger partial charge >= 0.3 is 0 Å². The Kier molecular flexibility index (Phi) is 1.98. The van der Waals surface area contributed by atoms with Crippen LogP contribution in [0, 0.1) is 13.8 Å². The molecule has 5 heteroatoms. The number of nitrogens with one attached hydrogen (secondary N) is 1. The van der Waals surface area contributed by atoms with E-state index in [0.717, 1.165) is 5.69 Å². The van der Waals surface area contributed by atoms with E-state index in [4.69, 9.17) is 10.7 Å². The van der Waals surface area contributed by atoms with Crippen molar-refractivity contribution < 1.29 is 8.42 Å². The van der Waals surface area contributed by atoms with Gasteiger partial charge in [0.2, 0.25) is 0 Å². The standard InChI is InChI=1S/C6H8ClNO2S/c1-4-3-6(5(2)8-4)11(7,9)10/h3,8H,1-2H3. The zero-order valence-corrected chi connectivity index (χ0v) is 7.75. The number of halogens is 1. The third-order valence-corrected chi connectivity index (χ3v) is 2.81. The molecule has 1 heterocycles. The van der Waals surface area contributed by atoms with E-state index in [9.17, 15) is 8.42 Å². The zero-order chi connectivity index (χ0) is 8.65. The fraction of sp³-hybridized carbons (Fsp3) is 0.333. The lowest BCUT2D eigenvalue weighted by Gasteiger charge is -1.90. The highest BCUT2D eigenvalue weighted by atomic mass is 35.7. The van der Waals surface area contributed by atoms with E-state index >= 15 is 0 Å². The Bertz CT molecular complexity index is 366. The molecule has 0 aliphatic rings. The first-order valence-corrected chi connectivity index (χ1v) is 5.33. The van der Waals surface area contributed by atoms with E-state index in [1.165, 1.54) is 6.07 Å². The molecule has 1 aromatic heterocycles. The second-order valence-electron chi connectivity index (χ2n) is 2.38. The third-order valence-electron chi connectivity index (χ3n) is 1.36. The van der Waals surface area contributed by atoms with Gasteiger partial charge in [-0.1, -0.05) is 0 Å². The maximum Gasteiger partial charge on any atom is 0.263 e. The number of hydrogen-bond donors (Lipinski definition) is 1. The van der Waals surface area contributed by atoms with Gasteiger partial charge in [-0.2, -0.15) is 0 Å². The second-order valence-corrected chi connectivity index (χ2v) is 4.91. The smallest absolute Gasteiger partial charge is 0.263 e. The topological polar surface area (TPSA) is 49.9 Å². The minimum Gasteiger partial charge on any atom is -0.362 e. The molecular weight excluding hydrogens is 186 g/mol. The number of aromatic amines is 1. The predicted molar refractivity (Wildman–Crippen MR) is 43.3 cm³/mol. The van der Waals surface area contributed by atoms with Gasteiger partial charge in [0.05, 0.1) is 0 Å². The largest absolute Gasteiger partial charge is 0.362 e. The van der Waals surface area contributed by atoms with Crippen LogP contribution in [-0.4, -0.2) is 13.4 Å². The molecule has 3 nitrogen and oxygen atoms in total. The lowest BCUT2D eigenvalue weighted by Crippen LogP contribution is -1.89. The molecule has 0 aliphatic carbocycles. The Morgan fingerprint density at radius 3 is 2.18 bits per heavy atom. The molecule has 0 radical (unpaired) electrons. The van der Waals surface area contributed by atoms with Crippen LogP contribution in [0.1, 0.15) is 11.4 Å². The quantitative estimate of drug-likeness (QED) is 0.689. The van der Waals surface area contributed by atoms with Crippen molar-refractivity contribution >= 4 is 19.7 Å². The average Bonchev–Trinajstić information content (AvgIpc) is 2.08. The summed E-state index contributed by atoms with van der Waals surface area (Å²) in [6, 6.07) is 1.51. The van der Waals surface area contributed by atoms with Gasteiger partial charge in [-0.25, -0.2) is 8.42 Å². The van der Waals surface area contributed by atoms with Crippen molar-refractivity contribution in [3.8, 4) is 0 Å². The Hall–Kier alpha value is -0.480. The van der Waals surface area contributed by atoms with Gasteiger partial charge in [-0.05, 0) is 19.9 Å². The fourth-order valence-electron chi connectivity index (χ4n) is 0.952. The minimum atomic E-state index is -3.57. The third kappa shape index (κ3) is 1.75. The van der Waals surface area contributed by atoms with Crippen molar-refractivity contribution in [1.29, 1.82) is 0 Å². The molecule has 62 valence electrons. The van der Waals surface area contributed by atoms with Gasteiger partial charge in [-0.3, -0.25) is 0 Å². The molecule has 0 spiro atoms. The molecule has 1 N–H and O–H groups in total. The Morgan fingerprint density at radius 1 is 1.45 bits per heavy atom. The summed E-state index contributed by atoms with van der Waals surface area (Å²) in [5, 5.41) is 0. The maximum absolute atomic E-state index is 10.8. The number of aromatic nitrogens is 1. The highest BCUT2D eigenvalue weighted by Crippen LogP contribution is 2.19. The molecule has 0 aromatic carbocycles. The van der Waals surface area contributed by atoms with E-state index < -0.39 is 9.05 Å². The molecule has 0 atom stereocenters. The summed E-state index contributed by atoms with van der Waals surface area (Å²) >= 11 is 0. The normalized spacial score (nSPS) is 11.9. The monoisotopic (exact) mass is 193 g/mol. The summed E-state index contributed by atoms with van der Waals surface area (Å²) in [5.74, 6) is 0. The first-order chi connectivity index (χ1) is 4.91. The van der Waals surface area contributed by atoms with Crippen LogP contribution in [-0.2, 0) is 9.05 Å². The van der Waals surface area contributed by atoms with Gasteiger partial charge in [0.15, 0.2) is 0 Å². The number of aryl methyl sites for hydroxylation is 2. The molecule has 1 aromatic rings. The van der Waals surface area contributed by atoms with Gasteiger partial charge < -0.3 is 4.98 Å². The summed E-state index contributed by atoms with van der Waals surface area (Å²) in [6.45, 7) is 3.45. The summed E-state index contributed by atoms with van der Waals surface area (Å²) in [7, 11) is 1.56. The van der Waals surface area contributed by atoms with Gasteiger partial charge in [0.1, 0.15) is 4.90 Å². The lowest BCUT2D eigenvalue weighted by atomic mass is 10.4. The number of rotatable bonds is 1. The van der Waals surface area contributed by atoms with Crippen molar-refractivity contribution in [3.05, 3.63) is 17.5 Å². The molecule has 0 bridgehead atoms. The van der Waals surface area contributed by atoms with Crippen molar-refractivity contribution in [3.63, 3.8) is 0 Å². The molecule has 1 rings (SSSR count). The van der Waals surface area contributed by atoms with Crippen LogP contribution < -0.4 is 0 Å². The Balaban J connectivity index is 3.36. The zero-order valence-electron chi connectivity index (χ0n) is 6.18. The molecule has 0 aliphatic heterocycles. The fourth-order valence-corrected chi connectivity index (χ4v) is 2.17. The van der Waals surface area contributed by atoms with Crippen LogP contribution in [0.15, 0.2) is 11.0 Å². The average molecular weight is 194 g/mol. The molecule has 0 fully saturated rings. The molecule has 11 heavy (non-hydrogen) atoms. The van der Waals surface area contributed by atoms with Crippen molar-refractivity contribution in [2.24, 2.45) is 0 Å². The second kappa shape index (κ2) is 2.53. The van der Waals surface area contributed by atoms with Crippen LogP contribution in [0.5, 0.6) is 0 Å². The van der Waals surface area contributed by atoms with E-state index in [-0.39, 0.29) is 4.90 Å². The Labute approximate surface area is 69.8 Å². The van der Waals surface area contributed by atoms with E-state index in [1.54, 1.807) is 13.8 Å². The highest BCUT2D eigenvalue weighted by Gasteiger charge is 2.14. The van der Waals surface area contributed by atoms with Crippen molar-refractivity contribution in [1.82, 2.24) is 4.98 Å². The molecule has 0 unspecified atom stereocenters. The molecule has 0 amide bonds. The number of H-pyrrole nitrogens is 1. The van der Waals surface area contributed by atoms with Crippen LogP contribution in [0.4, 0.5) is 0 Å². The number of hydrogen-bond acceptors (Lipinski definition) is 2. The lowest BCUT2D eigenvalue weighted by molar-refractivity contribution is 0.609. The van der Waals surface area contributed by atoms with Crippen LogP contribution >= 0.6 is 10.7 Å². The van der Waals surface area contributed by atoms with Crippen molar-refractivity contribution in [2.75, 3.05) is 0 Å². The molecule has 0 saturated carbocycles. The van der Waals surface area contributed by atoms with E-state index in [2.05, 4.69) is 4.98 Å². The summed E-state index contributed by atoms with van der Waals surface area (Å²) in [4.78, 5) is 3.01. The van der Waals surface area contributed by atoms with E-state index in [0.29, 0.717) is 5.69 Å². The summed E-state index contributed by atoms with van der Waals surface area (Å²) in [6.07, 6.45) is 0. The van der Waals surface area contributed by atoms with Gasteiger partial charge in [0, 0.05) is 22.1 Å². The van der Waals surface area contributed by atoms with E-state index in [1.807, 2.05) is 0 Å². The van der Waals surface area contributed by atoms with Crippen LogP contribution in [0.25, 0.3) is 0 Å². The van der Waals surface area contributed by atoms with Gasteiger partial charge in [0.25, 0.3) is 9.05 Å². The van der Waals surface area contributed by atoms with Crippen LogP contribution in [0.3, 0.4) is 0 Å².